The number of alkyl halides is 3. The Kier molecular flexibility index (Phi) is 7.48. The van der Waals surface area contributed by atoms with Gasteiger partial charge in [0.05, 0.1) is 6.61 Å². The van der Waals surface area contributed by atoms with Gasteiger partial charge >= 0.3 is 6.36 Å². The number of methoxy groups -OCH3 is 1. The monoisotopic (exact) mass is 514 g/mol. The lowest BCUT2D eigenvalue weighted by molar-refractivity contribution is -0.275. The van der Waals surface area contributed by atoms with E-state index >= 15 is 0 Å². The number of para-hydroxylation sites is 1. The van der Waals surface area contributed by atoms with E-state index in [1.807, 2.05) is 24.3 Å². The Bertz CT molecular complexity index is 1100. The number of hydrogen-bond acceptors (Lipinski definition) is 6. The van der Waals surface area contributed by atoms with Crippen molar-refractivity contribution in [2.45, 2.75) is 30.5 Å². The first-order chi connectivity index (χ1) is 16.6. The molecule has 1 spiro atoms. The topological polar surface area (TPSA) is 68.3 Å². The van der Waals surface area contributed by atoms with Gasteiger partial charge in [0.2, 0.25) is 10.0 Å². The maximum atomic E-state index is 13.2. The lowest BCUT2D eigenvalue weighted by Gasteiger charge is -2.38. The Morgan fingerprint density at radius 3 is 2.26 bits per heavy atom. The first-order valence-corrected chi connectivity index (χ1v) is 12.9. The number of nitrogens with zero attached hydrogens (tertiary/aromatic N) is 2. The normalized spacial score (nSPS) is 18.7. The molecule has 0 atom stereocenters. The molecule has 0 aromatic heterocycles. The third kappa shape index (κ3) is 6.02. The summed E-state index contributed by atoms with van der Waals surface area (Å²) in [7, 11) is -2.50. The molecule has 0 unspecified atom stereocenters. The van der Waals surface area contributed by atoms with E-state index in [0.29, 0.717) is 26.1 Å². The van der Waals surface area contributed by atoms with E-state index in [1.165, 1.54) is 16.4 Å². The van der Waals surface area contributed by atoms with Crippen molar-refractivity contribution in [3.63, 3.8) is 0 Å². The van der Waals surface area contributed by atoms with E-state index in [-0.39, 0.29) is 18.5 Å². The molecule has 2 fully saturated rings. The molecule has 4 rings (SSSR count). The lowest BCUT2D eigenvalue weighted by atomic mass is 9.78. The highest BCUT2D eigenvalue weighted by Crippen LogP contribution is 2.43. The van der Waals surface area contributed by atoms with Crippen molar-refractivity contribution >= 4 is 15.7 Å². The van der Waals surface area contributed by atoms with Gasteiger partial charge in [0.25, 0.3) is 0 Å². The number of piperidine rings is 1. The van der Waals surface area contributed by atoms with Crippen molar-refractivity contribution in [1.82, 2.24) is 4.31 Å². The Morgan fingerprint density at radius 1 is 0.943 bits per heavy atom. The summed E-state index contributed by atoms with van der Waals surface area (Å²) in [6, 6.07) is 12.8. The van der Waals surface area contributed by atoms with E-state index in [1.54, 1.807) is 7.11 Å². The van der Waals surface area contributed by atoms with Crippen LogP contribution in [0.4, 0.5) is 18.9 Å². The Balaban J connectivity index is 1.38. The van der Waals surface area contributed by atoms with Crippen LogP contribution >= 0.6 is 0 Å². The van der Waals surface area contributed by atoms with Gasteiger partial charge in [0.1, 0.15) is 23.0 Å². The van der Waals surface area contributed by atoms with Crippen molar-refractivity contribution < 1.29 is 35.8 Å². The maximum absolute atomic E-state index is 13.2. The Morgan fingerprint density at radius 2 is 1.60 bits per heavy atom. The van der Waals surface area contributed by atoms with Gasteiger partial charge in [-0.3, -0.25) is 0 Å². The van der Waals surface area contributed by atoms with E-state index in [4.69, 9.17) is 9.47 Å². The minimum atomic E-state index is -4.97. The molecule has 0 saturated carbocycles. The molecule has 0 amide bonds. The molecular weight excluding hydrogens is 485 g/mol. The fourth-order valence-corrected chi connectivity index (χ4v) is 6.33. The Labute approximate surface area is 203 Å². The average molecular weight is 515 g/mol. The summed E-state index contributed by atoms with van der Waals surface area (Å²) in [5, 5.41) is 0. The van der Waals surface area contributed by atoms with E-state index in [2.05, 4.69) is 9.64 Å². The smallest absolute Gasteiger partial charge is 0.491 e. The number of anilines is 1. The van der Waals surface area contributed by atoms with Crippen molar-refractivity contribution in [1.29, 1.82) is 0 Å². The summed E-state index contributed by atoms with van der Waals surface area (Å²) >= 11 is 0. The zero-order valence-electron chi connectivity index (χ0n) is 19.5. The predicted octanol–water partition coefficient (Wildman–Crippen LogP) is 4.29. The summed E-state index contributed by atoms with van der Waals surface area (Å²) < 4.78 is 80.5. The largest absolute Gasteiger partial charge is 0.573 e. The fraction of sp³-hybridized carbons (Fsp3) is 0.500. The molecule has 7 nitrogen and oxygen atoms in total. The molecule has 2 aliphatic heterocycles. The van der Waals surface area contributed by atoms with Gasteiger partial charge in [0.15, 0.2) is 0 Å². The summed E-state index contributed by atoms with van der Waals surface area (Å²) in [6.45, 7) is 3.17. The highest BCUT2D eigenvalue weighted by Gasteiger charge is 2.44. The Hall–Kier alpha value is -2.50. The van der Waals surface area contributed by atoms with Crippen LogP contribution in [0.5, 0.6) is 11.5 Å². The van der Waals surface area contributed by atoms with Crippen LogP contribution in [0, 0.1) is 5.41 Å². The zero-order valence-corrected chi connectivity index (χ0v) is 20.3. The quantitative estimate of drug-likeness (QED) is 0.490. The number of sulfonamides is 1. The lowest BCUT2D eigenvalue weighted by Crippen LogP contribution is -2.44. The predicted molar refractivity (Wildman–Crippen MR) is 124 cm³/mol. The molecule has 0 radical (unpaired) electrons. The van der Waals surface area contributed by atoms with Gasteiger partial charge in [-0.15, -0.1) is 13.2 Å². The average Bonchev–Trinajstić information content (AvgIpc) is 3.22. The van der Waals surface area contributed by atoms with Gasteiger partial charge in [-0.25, -0.2) is 8.42 Å². The van der Waals surface area contributed by atoms with Gasteiger partial charge in [-0.2, -0.15) is 4.31 Å². The van der Waals surface area contributed by atoms with Crippen LogP contribution in [0.1, 0.15) is 19.3 Å². The van der Waals surface area contributed by atoms with Crippen molar-refractivity contribution in [3.8, 4) is 11.5 Å². The standard InChI is InChI=1S/C24H29F3N2O5S/c1-32-16-17-33-20-8-6-19(7-9-20)28-13-10-23(18-28)11-14-29(15-12-23)35(30,31)22-5-3-2-4-21(22)34-24(25,26)27/h2-9H,10-18H2,1H3. The van der Waals surface area contributed by atoms with Crippen molar-refractivity contribution in [3.05, 3.63) is 48.5 Å². The number of hydrogen-bond donors (Lipinski definition) is 0. The molecule has 2 aromatic rings. The van der Waals surface area contributed by atoms with E-state index < -0.39 is 27.0 Å². The maximum Gasteiger partial charge on any atom is 0.573 e. The summed E-state index contributed by atoms with van der Waals surface area (Å²) in [4.78, 5) is 1.82. The van der Waals surface area contributed by atoms with E-state index in [0.717, 1.165) is 43.1 Å². The number of benzene rings is 2. The van der Waals surface area contributed by atoms with Crippen molar-refractivity contribution in [2.75, 3.05) is 51.4 Å². The second-order valence-corrected chi connectivity index (χ2v) is 10.8. The molecule has 2 aromatic carbocycles. The first kappa shape index (κ1) is 25.6. The van der Waals surface area contributed by atoms with Gasteiger partial charge in [-0.1, -0.05) is 12.1 Å². The minimum Gasteiger partial charge on any atom is -0.491 e. The van der Waals surface area contributed by atoms with Crippen LogP contribution in [-0.4, -0.2) is 65.6 Å². The van der Waals surface area contributed by atoms with Crippen LogP contribution < -0.4 is 14.4 Å². The number of ether oxygens (including phenoxy) is 3. The molecule has 0 N–H and O–H groups in total. The van der Waals surface area contributed by atoms with E-state index in [9.17, 15) is 21.6 Å². The molecule has 35 heavy (non-hydrogen) atoms. The summed E-state index contributed by atoms with van der Waals surface area (Å²) in [5.41, 5.74) is 1.05. The molecule has 192 valence electrons. The van der Waals surface area contributed by atoms with Gasteiger partial charge in [-0.05, 0) is 61.1 Å². The van der Waals surface area contributed by atoms with Gasteiger partial charge in [0, 0.05) is 39.0 Å². The van der Waals surface area contributed by atoms with Crippen LogP contribution in [0.15, 0.2) is 53.4 Å². The minimum absolute atomic E-state index is 0.0261. The third-order valence-corrected chi connectivity index (χ3v) is 8.61. The number of halogens is 3. The van der Waals surface area contributed by atoms with Crippen LogP contribution in [-0.2, 0) is 14.8 Å². The molecule has 11 heteroatoms. The highest BCUT2D eigenvalue weighted by molar-refractivity contribution is 7.89. The van der Waals surface area contributed by atoms with Crippen LogP contribution in [0.25, 0.3) is 0 Å². The second-order valence-electron chi connectivity index (χ2n) is 8.91. The second kappa shape index (κ2) is 10.2. The van der Waals surface area contributed by atoms with Crippen molar-refractivity contribution in [2.24, 2.45) is 5.41 Å². The third-order valence-electron chi connectivity index (χ3n) is 6.67. The summed E-state index contributed by atoms with van der Waals surface area (Å²) in [6.07, 6.45) is -2.76. The molecule has 2 aliphatic rings. The fourth-order valence-electron chi connectivity index (χ4n) is 4.77. The molecule has 0 bridgehead atoms. The molecule has 2 heterocycles. The highest BCUT2D eigenvalue weighted by atomic mass is 32.2. The van der Waals surface area contributed by atoms with Crippen LogP contribution in [0.2, 0.25) is 0 Å². The zero-order chi connectivity index (χ0) is 25.1. The summed E-state index contributed by atoms with van der Waals surface area (Å²) in [5.74, 6) is 0.0648. The first-order valence-electron chi connectivity index (χ1n) is 11.4. The molecular formula is C24H29F3N2O5S. The van der Waals surface area contributed by atoms with Gasteiger partial charge < -0.3 is 19.1 Å². The van der Waals surface area contributed by atoms with Crippen LogP contribution in [0.3, 0.4) is 0 Å². The molecule has 0 aliphatic carbocycles. The SMILES string of the molecule is COCCOc1ccc(N2CCC3(CCN(S(=O)(=O)c4ccccc4OC(F)(F)F)CC3)C2)cc1. The molecule has 2 saturated heterocycles. The number of rotatable bonds is 8.